The summed E-state index contributed by atoms with van der Waals surface area (Å²) in [5.74, 6) is 5.12. The molecule has 0 aliphatic rings. The van der Waals surface area contributed by atoms with Crippen molar-refractivity contribution in [2.24, 2.45) is 5.84 Å². The number of nitrogens with one attached hydrogen (secondary N) is 1. The second-order valence-electron chi connectivity index (χ2n) is 4.42. The summed E-state index contributed by atoms with van der Waals surface area (Å²) >= 11 is 7.25. The van der Waals surface area contributed by atoms with Crippen LogP contribution in [0.3, 0.4) is 0 Å². The van der Waals surface area contributed by atoms with Gasteiger partial charge >= 0.3 is 0 Å². The minimum Gasteiger partial charge on any atom is -0.297 e. The molecule has 20 heavy (non-hydrogen) atoms. The molecule has 0 saturated carbocycles. The number of nitrogens with zero attached hydrogens (tertiary/aromatic N) is 2. The normalized spacial score (nSPS) is 12.9. The van der Waals surface area contributed by atoms with Crippen LogP contribution in [0.4, 0.5) is 4.39 Å². The lowest BCUT2D eigenvalue weighted by molar-refractivity contribution is 0.540. The number of hydrogen-bond donors (Lipinski definition) is 2. The summed E-state index contributed by atoms with van der Waals surface area (Å²) in [4.78, 5) is 5.42. The lowest BCUT2D eigenvalue weighted by atomic mass is 10.0. The van der Waals surface area contributed by atoms with Crippen molar-refractivity contribution >= 4 is 27.9 Å². The van der Waals surface area contributed by atoms with Crippen LogP contribution in [0.5, 0.6) is 0 Å². The first-order valence-corrected chi connectivity index (χ1v) is 7.25. The maximum absolute atomic E-state index is 13.5. The smallest absolute Gasteiger partial charge is 0.193 e. The highest BCUT2D eigenvalue weighted by atomic mass is 35.5. The Bertz CT molecular complexity index is 710. The van der Waals surface area contributed by atoms with Crippen LogP contribution in [0.15, 0.2) is 36.0 Å². The van der Waals surface area contributed by atoms with Crippen LogP contribution >= 0.6 is 22.9 Å². The highest BCUT2D eigenvalue weighted by Gasteiger charge is 2.15. The van der Waals surface area contributed by atoms with Gasteiger partial charge in [-0.1, -0.05) is 17.7 Å². The molecule has 1 aromatic carbocycles. The summed E-state index contributed by atoms with van der Waals surface area (Å²) in [6, 6.07) is 4.47. The number of nitrogens with two attached hydrogens (primary N) is 1. The molecule has 2 heterocycles. The summed E-state index contributed by atoms with van der Waals surface area (Å²) in [6.45, 7) is 0. The maximum Gasteiger partial charge on any atom is 0.193 e. The van der Waals surface area contributed by atoms with Gasteiger partial charge in [-0.05, 0) is 17.7 Å². The number of benzene rings is 1. The second kappa shape index (κ2) is 5.49. The molecule has 1 atom stereocenters. The van der Waals surface area contributed by atoms with Crippen molar-refractivity contribution in [2.75, 3.05) is 0 Å². The number of rotatable bonds is 4. The third-order valence-corrected chi connectivity index (χ3v) is 4.18. The number of halogens is 2. The van der Waals surface area contributed by atoms with Crippen molar-refractivity contribution < 1.29 is 4.39 Å². The molecule has 104 valence electrons. The monoisotopic (exact) mass is 310 g/mol. The first kappa shape index (κ1) is 13.5. The van der Waals surface area contributed by atoms with Gasteiger partial charge in [-0.15, -0.1) is 11.3 Å². The van der Waals surface area contributed by atoms with Gasteiger partial charge in [0.2, 0.25) is 0 Å². The van der Waals surface area contributed by atoms with Crippen molar-refractivity contribution in [3.05, 3.63) is 58.1 Å². The number of hydrazine groups is 1. The Labute approximate surface area is 124 Å². The van der Waals surface area contributed by atoms with E-state index >= 15 is 0 Å². The molecule has 4 nitrogen and oxygen atoms in total. The molecule has 1 unspecified atom stereocenters. The van der Waals surface area contributed by atoms with E-state index in [1.807, 2.05) is 22.2 Å². The number of imidazole rings is 1. The molecular formula is C13H12ClFN4S. The van der Waals surface area contributed by atoms with Crippen LogP contribution in [0.25, 0.3) is 4.96 Å². The van der Waals surface area contributed by atoms with Crippen LogP contribution in [0.2, 0.25) is 5.02 Å². The summed E-state index contributed by atoms with van der Waals surface area (Å²) in [7, 11) is 0. The van der Waals surface area contributed by atoms with Gasteiger partial charge in [-0.25, -0.2) is 9.37 Å². The quantitative estimate of drug-likeness (QED) is 0.575. The number of thiazole rings is 1. The van der Waals surface area contributed by atoms with Gasteiger partial charge in [0.1, 0.15) is 5.82 Å². The van der Waals surface area contributed by atoms with Gasteiger partial charge in [0.25, 0.3) is 0 Å². The highest BCUT2D eigenvalue weighted by Crippen LogP contribution is 2.23. The molecular weight excluding hydrogens is 299 g/mol. The predicted molar refractivity (Wildman–Crippen MR) is 78.2 cm³/mol. The second-order valence-corrected chi connectivity index (χ2v) is 5.70. The van der Waals surface area contributed by atoms with Gasteiger partial charge in [-0.2, -0.15) is 0 Å². The molecule has 0 aliphatic carbocycles. The SMILES string of the molecule is NNC(Cc1cn2ccsc2n1)c1ccc(Cl)c(F)c1. The maximum atomic E-state index is 13.5. The van der Waals surface area contributed by atoms with Crippen LogP contribution in [-0.4, -0.2) is 9.38 Å². The molecule has 3 aromatic rings. The number of aromatic nitrogens is 2. The molecule has 0 saturated heterocycles. The van der Waals surface area contributed by atoms with Crippen molar-refractivity contribution in [3.63, 3.8) is 0 Å². The van der Waals surface area contributed by atoms with Gasteiger partial charge < -0.3 is 0 Å². The molecule has 0 bridgehead atoms. The molecule has 3 N–H and O–H groups in total. The fraction of sp³-hybridized carbons (Fsp3) is 0.154. The van der Waals surface area contributed by atoms with Crippen LogP contribution in [0.1, 0.15) is 17.3 Å². The highest BCUT2D eigenvalue weighted by molar-refractivity contribution is 7.15. The number of hydrogen-bond acceptors (Lipinski definition) is 4. The average molecular weight is 311 g/mol. The Hall–Kier alpha value is -1.47. The van der Waals surface area contributed by atoms with Gasteiger partial charge in [-0.3, -0.25) is 15.7 Å². The van der Waals surface area contributed by atoms with Gasteiger partial charge in [0, 0.05) is 24.2 Å². The molecule has 2 aromatic heterocycles. The third-order valence-electron chi connectivity index (χ3n) is 3.10. The average Bonchev–Trinajstić information content (AvgIpc) is 3.00. The molecule has 0 amide bonds. The van der Waals surface area contributed by atoms with E-state index in [0.717, 1.165) is 16.2 Å². The van der Waals surface area contributed by atoms with Crippen LogP contribution in [0, 0.1) is 5.82 Å². The fourth-order valence-electron chi connectivity index (χ4n) is 2.09. The Balaban J connectivity index is 1.85. The van der Waals surface area contributed by atoms with E-state index in [9.17, 15) is 4.39 Å². The summed E-state index contributed by atoms with van der Waals surface area (Å²) in [6.07, 6.45) is 4.47. The Morgan fingerprint density at radius 3 is 3.05 bits per heavy atom. The zero-order chi connectivity index (χ0) is 14.1. The molecule has 3 rings (SSSR count). The van der Waals surface area contributed by atoms with Crippen molar-refractivity contribution in [1.82, 2.24) is 14.8 Å². The summed E-state index contributed by atoms with van der Waals surface area (Å²) in [5.41, 5.74) is 4.33. The van der Waals surface area contributed by atoms with Crippen molar-refractivity contribution in [2.45, 2.75) is 12.5 Å². The van der Waals surface area contributed by atoms with Gasteiger partial charge in [0.15, 0.2) is 4.96 Å². The lowest BCUT2D eigenvalue weighted by Gasteiger charge is -2.15. The van der Waals surface area contributed by atoms with E-state index in [4.69, 9.17) is 17.4 Å². The van der Waals surface area contributed by atoms with Crippen molar-refractivity contribution in [1.29, 1.82) is 0 Å². The summed E-state index contributed by atoms with van der Waals surface area (Å²) < 4.78 is 15.5. The number of fused-ring (bicyclic) bond motifs is 1. The molecule has 0 aliphatic heterocycles. The first-order valence-electron chi connectivity index (χ1n) is 5.99. The Kier molecular flexibility index (Phi) is 3.71. The Morgan fingerprint density at radius 2 is 2.35 bits per heavy atom. The topological polar surface area (TPSA) is 55.3 Å². The van der Waals surface area contributed by atoms with E-state index in [2.05, 4.69) is 10.4 Å². The standard InChI is InChI=1S/C13H12ClFN4S/c14-10-2-1-8(5-11(10)15)12(18-16)6-9-7-19-3-4-20-13(19)17-9/h1-5,7,12,18H,6,16H2. The summed E-state index contributed by atoms with van der Waals surface area (Å²) in [5, 5.41) is 2.08. The molecule has 0 fully saturated rings. The zero-order valence-corrected chi connectivity index (χ0v) is 12.0. The molecule has 7 heteroatoms. The van der Waals surface area contributed by atoms with Crippen LogP contribution in [-0.2, 0) is 6.42 Å². The first-order chi connectivity index (χ1) is 9.67. The van der Waals surface area contributed by atoms with E-state index in [-0.39, 0.29) is 11.1 Å². The van der Waals surface area contributed by atoms with E-state index < -0.39 is 5.82 Å². The third kappa shape index (κ3) is 2.55. The van der Waals surface area contributed by atoms with E-state index in [1.54, 1.807) is 17.4 Å². The largest absolute Gasteiger partial charge is 0.297 e. The predicted octanol–water partition coefficient (Wildman–Crippen LogP) is 2.94. The molecule has 0 spiro atoms. The Morgan fingerprint density at radius 1 is 1.50 bits per heavy atom. The lowest BCUT2D eigenvalue weighted by Crippen LogP contribution is -2.29. The van der Waals surface area contributed by atoms with Crippen molar-refractivity contribution in [3.8, 4) is 0 Å². The minimum absolute atomic E-state index is 0.104. The fourth-order valence-corrected chi connectivity index (χ4v) is 2.92. The van der Waals surface area contributed by atoms with Gasteiger partial charge in [0.05, 0.1) is 16.8 Å². The molecule has 0 radical (unpaired) electrons. The zero-order valence-electron chi connectivity index (χ0n) is 10.4. The van der Waals surface area contributed by atoms with Crippen LogP contribution < -0.4 is 11.3 Å². The van der Waals surface area contributed by atoms with E-state index in [1.165, 1.54) is 12.1 Å². The minimum atomic E-state index is -0.449. The van der Waals surface area contributed by atoms with E-state index in [0.29, 0.717) is 6.42 Å².